The van der Waals surface area contributed by atoms with Gasteiger partial charge in [-0.2, -0.15) is 10.4 Å². The van der Waals surface area contributed by atoms with Crippen LogP contribution in [0.1, 0.15) is 5.56 Å². The van der Waals surface area contributed by atoms with Gasteiger partial charge in [-0.1, -0.05) is 0 Å². The molecule has 2 rings (SSSR count). The summed E-state index contributed by atoms with van der Waals surface area (Å²) in [7, 11) is -2.18. The number of methoxy groups -OCH3 is 1. The third-order valence-corrected chi connectivity index (χ3v) is 4.77. The molecule has 152 valence electrons. The summed E-state index contributed by atoms with van der Waals surface area (Å²) in [6.07, 6.45) is 2.42. The maximum absolute atomic E-state index is 12.2. The predicted molar refractivity (Wildman–Crippen MR) is 108 cm³/mol. The Morgan fingerprint density at radius 1 is 1.17 bits per heavy atom. The van der Waals surface area contributed by atoms with Gasteiger partial charge in [-0.05, 0) is 54.1 Å². The highest BCUT2D eigenvalue weighted by atomic mass is 32.2. The van der Waals surface area contributed by atoms with Gasteiger partial charge >= 0.3 is 0 Å². The Morgan fingerprint density at radius 2 is 1.79 bits per heavy atom. The van der Waals surface area contributed by atoms with Crippen molar-refractivity contribution in [2.75, 3.05) is 30.8 Å². The van der Waals surface area contributed by atoms with Crippen molar-refractivity contribution in [1.29, 1.82) is 5.26 Å². The molecule has 0 aromatic heterocycles. The molecule has 1 N–H and O–H groups in total. The van der Waals surface area contributed by atoms with Gasteiger partial charge in [0.05, 0.1) is 25.3 Å². The first kappa shape index (κ1) is 21.7. The van der Waals surface area contributed by atoms with Gasteiger partial charge in [-0.25, -0.2) is 13.8 Å². The first-order chi connectivity index (χ1) is 13.8. The van der Waals surface area contributed by atoms with Crippen molar-refractivity contribution in [3.8, 4) is 17.6 Å². The van der Waals surface area contributed by atoms with E-state index >= 15 is 0 Å². The monoisotopic (exact) mass is 416 g/mol. The number of hydrogen-bond donors (Lipinski definition) is 1. The van der Waals surface area contributed by atoms with Crippen LogP contribution in [0.4, 0.5) is 5.69 Å². The number of hydrazone groups is 1. The summed E-state index contributed by atoms with van der Waals surface area (Å²) in [5.41, 5.74) is 3.32. The number of anilines is 1. The highest BCUT2D eigenvalue weighted by Gasteiger charge is 2.20. The molecule has 0 unspecified atom stereocenters. The third kappa shape index (κ3) is 6.82. The lowest BCUT2D eigenvalue weighted by Crippen LogP contribution is -2.39. The molecule has 0 spiro atoms. The average molecular weight is 416 g/mol. The summed E-state index contributed by atoms with van der Waals surface area (Å²) in [4.78, 5) is 12.2. The molecule has 9 nitrogen and oxygen atoms in total. The molecule has 0 radical (unpaired) electrons. The first-order valence-electron chi connectivity index (χ1n) is 8.37. The highest BCUT2D eigenvalue weighted by Crippen LogP contribution is 2.21. The maximum Gasteiger partial charge on any atom is 0.260 e. The minimum atomic E-state index is -3.68. The minimum absolute atomic E-state index is 0.0471. The zero-order valence-corrected chi connectivity index (χ0v) is 16.7. The van der Waals surface area contributed by atoms with Crippen LogP contribution in [0, 0.1) is 11.3 Å². The van der Waals surface area contributed by atoms with Crippen molar-refractivity contribution in [3.05, 3.63) is 54.1 Å². The van der Waals surface area contributed by atoms with E-state index in [9.17, 15) is 13.2 Å². The molecular weight excluding hydrogens is 396 g/mol. The van der Waals surface area contributed by atoms with Crippen LogP contribution in [-0.4, -0.2) is 47.1 Å². The van der Waals surface area contributed by atoms with Crippen LogP contribution in [0.2, 0.25) is 0 Å². The largest absolute Gasteiger partial charge is 0.497 e. The zero-order chi connectivity index (χ0) is 21.3. The van der Waals surface area contributed by atoms with E-state index in [0.717, 1.165) is 10.6 Å². The van der Waals surface area contributed by atoms with Gasteiger partial charge in [0.2, 0.25) is 10.0 Å². The van der Waals surface area contributed by atoms with Crippen molar-refractivity contribution < 1.29 is 22.7 Å². The number of carbonyl (C=O) groups excluding carboxylic acids is 1. The van der Waals surface area contributed by atoms with E-state index in [1.54, 1.807) is 48.5 Å². The fourth-order valence-corrected chi connectivity index (χ4v) is 3.12. The number of rotatable bonds is 9. The summed E-state index contributed by atoms with van der Waals surface area (Å²) < 4.78 is 35.3. The SMILES string of the molecule is COc1ccc(N(CC(=O)N/N=C\c2ccc(OCC#N)cc2)S(C)(=O)=O)cc1. The van der Waals surface area contributed by atoms with Gasteiger partial charge < -0.3 is 9.47 Å². The molecule has 1 amide bonds. The maximum atomic E-state index is 12.2. The summed E-state index contributed by atoms with van der Waals surface area (Å²) in [5.74, 6) is 0.507. The van der Waals surface area contributed by atoms with Crippen LogP contribution >= 0.6 is 0 Å². The predicted octanol–water partition coefficient (Wildman–Crippen LogP) is 1.51. The molecule has 0 heterocycles. The van der Waals surface area contributed by atoms with Crippen molar-refractivity contribution in [2.24, 2.45) is 5.10 Å². The van der Waals surface area contributed by atoms with E-state index < -0.39 is 22.5 Å². The van der Waals surface area contributed by atoms with E-state index in [2.05, 4.69) is 10.5 Å². The molecule has 0 aliphatic carbocycles. The molecule has 2 aromatic rings. The Labute approximate surface area is 169 Å². The number of carbonyl (C=O) groups is 1. The van der Waals surface area contributed by atoms with E-state index in [1.165, 1.54) is 13.3 Å². The second-order valence-corrected chi connectivity index (χ2v) is 7.68. The lowest BCUT2D eigenvalue weighted by molar-refractivity contribution is -0.119. The molecule has 0 saturated heterocycles. The van der Waals surface area contributed by atoms with Crippen molar-refractivity contribution in [3.63, 3.8) is 0 Å². The number of amides is 1. The minimum Gasteiger partial charge on any atom is -0.497 e. The molecule has 0 bridgehead atoms. The average Bonchev–Trinajstić information content (AvgIpc) is 2.71. The van der Waals surface area contributed by atoms with Crippen LogP contribution in [0.5, 0.6) is 11.5 Å². The van der Waals surface area contributed by atoms with E-state index in [0.29, 0.717) is 22.7 Å². The topological polar surface area (TPSA) is 121 Å². The van der Waals surface area contributed by atoms with Gasteiger partial charge in [-0.15, -0.1) is 0 Å². The molecular formula is C19H20N4O5S. The van der Waals surface area contributed by atoms with Gasteiger partial charge in [0.25, 0.3) is 5.91 Å². The quantitative estimate of drug-likeness (QED) is 0.489. The molecule has 10 heteroatoms. The second-order valence-electron chi connectivity index (χ2n) is 5.78. The number of sulfonamides is 1. The standard InChI is InChI=1S/C19H20N4O5S/c1-27-17-9-5-16(6-10-17)23(29(2,25)26)14-19(24)22-21-13-15-3-7-18(8-4-15)28-12-11-20/h3-10,13H,12,14H2,1-2H3,(H,22,24)/b21-13-. The van der Waals surface area contributed by atoms with Crippen molar-refractivity contribution in [1.82, 2.24) is 5.43 Å². The van der Waals surface area contributed by atoms with Gasteiger partial charge in [0, 0.05) is 0 Å². The third-order valence-electron chi connectivity index (χ3n) is 3.63. The smallest absolute Gasteiger partial charge is 0.260 e. The molecule has 0 atom stereocenters. The fraction of sp³-hybridized carbons (Fsp3) is 0.211. The van der Waals surface area contributed by atoms with Gasteiger partial charge in [0.15, 0.2) is 6.61 Å². The molecule has 29 heavy (non-hydrogen) atoms. The highest BCUT2D eigenvalue weighted by molar-refractivity contribution is 7.92. The molecule has 0 aliphatic rings. The van der Waals surface area contributed by atoms with Crippen LogP contribution in [-0.2, 0) is 14.8 Å². The number of benzene rings is 2. The van der Waals surface area contributed by atoms with Gasteiger partial charge in [0.1, 0.15) is 24.1 Å². The van der Waals surface area contributed by atoms with E-state index in [1.807, 2.05) is 6.07 Å². The summed E-state index contributed by atoms with van der Waals surface area (Å²) in [5, 5.41) is 12.3. The van der Waals surface area contributed by atoms with Crippen LogP contribution in [0.25, 0.3) is 0 Å². The summed E-state index contributed by atoms with van der Waals surface area (Å²) in [6.45, 7) is -0.474. The Morgan fingerprint density at radius 3 is 2.34 bits per heavy atom. The number of hydrogen-bond acceptors (Lipinski definition) is 7. The number of nitriles is 1. The van der Waals surface area contributed by atoms with Crippen LogP contribution in [0.3, 0.4) is 0 Å². The lowest BCUT2D eigenvalue weighted by atomic mass is 10.2. The Hall–Kier alpha value is -3.58. The Bertz CT molecular complexity index is 996. The summed E-state index contributed by atoms with van der Waals surface area (Å²) >= 11 is 0. The van der Waals surface area contributed by atoms with E-state index in [-0.39, 0.29) is 6.61 Å². The first-order valence-corrected chi connectivity index (χ1v) is 10.2. The van der Waals surface area contributed by atoms with E-state index in [4.69, 9.17) is 14.7 Å². The fourth-order valence-electron chi connectivity index (χ4n) is 2.26. The van der Waals surface area contributed by atoms with Crippen molar-refractivity contribution >= 4 is 27.8 Å². The molecule has 0 aliphatic heterocycles. The zero-order valence-electron chi connectivity index (χ0n) is 15.9. The Balaban J connectivity index is 1.99. The summed E-state index contributed by atoms with van der Waals surface area (Å²) in [6, 6.07) is 14.9. The van der Waals surface area contributed by atoms with Gasteiger partial charge in [-0.3, -0.25) is 9.10 Å². The number of ether oxygens (including phenoxy) is 2. The normalized spacial score (nSPS) is 10.9. The second kappa shape index (κ2) is 10.1. The lowest BCUT2D eigenvalue weighted by Gasteiger charge is -2.21. The molecule has 0 saturated carbocycles. The Kier molecular flexibility index (Phi) is 7.56. The molecule has 0 fully saturated rings. The number of nitrogens with zero attached hydrogens (tertiary/aromatic N) is 3. The van der Waals surface area contributed by atoms with Crippen molar-refractivity contribution in [2.45, 2.75) is 0 Å². The van der Waals surface area contributed by atoms with Crippen LogP contribution < -0.4 is 19.2 Å². The number of nitrogens with one attached hydrogen (secondary N) is 1. The van der Waals surface area contributed by atoms with Crippen LogP contribution in [0.15, 0.2) is 53.6 Å². The molecule has 2 aromatic carbocycles.